The Balaban J connectivity index is 1.57. The number of thioether (sulfide) groups is 1. The molecule has 0 aromatic heterocycles. The molecule has 5 nitrogen and oxygen atoms in total. The second kappa shape index (κ2) is 9.91. The predicted octanol–water partition coefficient (Wildman–Crippen LogP) is 7.13. The molecule has 0 spiro atoms. The lowest BCUT2D eigenvalue weighted by Crippen LogP contribution is -2.27. The number of hydrogen-bond donors (Lipinski definition) is 0. The quantitative estimate of drug-likeness (QED) is 0.337. The first-order chi connectivity index (χ1) is 15.9. The van der Waals surface area contributed by atoms with Gasteiger partial charge in [0.2, 0.25) is 0 Å². The molecule has 1 fully saturated rings. The Bertz CT molecular complexity index is 1240. The first-order valence-electron chi connectivity index (χ1n) is 9.95. The van der Waals surface area contributed by atoms with Crippen LogP contribution in [0.15, 0.2) is 65.6 Å². The van der Waals surface area contributed by atoms with E-state index in [-0.39, 0.29) is 10.1 Å². The molecule has 8 heteroatoms. The second-order valence-electron chi connectivity index (χ2n) is 7.30. The van der Waals surface area contributed by atoms with E-state index in [0.717, 1.165) is 22.2 Å². The van der Waals surface area contributed by atoms with Crippen molar-refractivity contribution in [2.24, 2.45) is 0 Å². The monoisotopic (exact) mass is 499 g/mol. The molecule has 3 aromatic carbocycles. The van der Waals surface area contributed by atoms with Gasteiger partial charge in [-0.05, 0) is 72.3 Å². The van der Waals surface area contributed by atoms with Gasteiger partial charge in [0.1, 0.15) is 6.61 Å². The minimum absolute atomic E-state index is 0.279. The van der Waals surface area contributed by atoms with Crippen molar-refractivity contribution in [3.63, 3.8) is 0 Å². The Morgan fingerprint density at radius 3 is 2.36 bits per heavy atom. The van der Waals surface area contributed by atoms with Crippen molar-refractivity contribution in [2.75, 3.05) is 12.0 Å². The lowest BCUT2D eigenvalue weighted by Gasteiger charge is -2.14. The van der Waals surface area contributed by atoms with Crippen molar-refractivity contribution in [3.8, 4) is 11.5 Å². The molecule has 1 aliphatic heterocycles. The zero-order valence-electron chi connectivity index (χ0n) is 17.8. The summed E-state index contributed by atoms with van der Waals surface area (Å²) in [5.41, 5.74) is 3.24. The number of hydrogen-bond acceptors (Lipinski definition) is 5. The number of carbonyl (C=O) groups excluding carboxylic acids is 2. The van der Waals surface area contributed by atoms with E-state index in [4.69, 9.17) is 32.7 Å². The van der Waals surface area contributed by atoms with Crippen molar-refractivity contribution < 1.29 is 19.1 Å². The van der Waals surface area contributed by atoms with E-state index in [2.05, 4.69) is 0 Å². The largest absolute Gasteiger partial charge is 0.493 e. The molecule has 3 aromatic rings. The summed E-state index contributed by atoms with van der Waals surface area (Å²) >= 11 is 13.2. The van der Waals surface area contributed by atoms with Crippen LogP contribution in [-0.2, 0) is 11.4 Å². The normalized spacial score (nSPS) is 14.8. The van der Waals surface area contributed by atoms with Gasteiger partial charge in [-0.3, -0.25) is 9.59 Å². The van der Waals surface area contributed by atoms with Crippen LogP contribution in [0.4, 0.5) is 10.5 Å². The topological polar surface area (TPSA) is 55.8 Å². The average Bonchev–Trinajstić information content (AvgIpc) is 3.07. The summed E-state index contributed by atoms with van der Waals surface area (Å²) in [5, 5.41) is 0.474. The van der Waals surface area contributed by atoms with E-state index in [1.165, 1.54) is 12.7 Å². The molecule has 1 heterocycles. The Hall–Kier alpha value is -2.93. The molecule has 168 valence electrons. The molecule has 0 bridgehead atoms. The molecular weight excluding hydrogens is 481 g/mol. The molecule has 1 aliphatic rings. The zero-order valence-corrected chi connectivity index (χ0v) is 20.1. The highest BCUT2D eigenvalue weighted by atomic mass is 35.5. The van der Waals surface area contributed by atoms with Gasteiger partial charge in [-0.25, -0.2) is 4.90 Å². The first-order valence-corrected chi connectivity index (χ1v) is 11.5. The summed E-state index contributed by atoms with van der Waals surface area (Å²) in [4.78, 5) is 26.8. The van der Waals surface area contributed by atoms with Crippen LogP contribution in [0.5, 0.6) is 11.5 Å². The Morgan fingerprint density at radius 1 is 1.00 bits per heavy atom. The Morgan fingerprint density at radius 2 is 1.70 bits per heavy atom. The molecule has 0 radical (unpaired) electrons. The molecular formula is C25H19Cl2NO4S. The molecule has 0 atom stereocenters. The Labute approximate surface area is 205 Å². The lowest BCUT2D eigenvalue weighted by atomic mass is 10.1. The fourth-order valence-electron chi connectivity index (χ4n) is 3.23. The number of halogens is 2. The van der Waals surface area contributed by atoms with Crippen LogP contribution in [-0.4, -0.2) is 18.3 Å². The van der Waals surface area contributed by atoms with Gasteiger partial charge < -0.3 is 9.47 Å². The number of anilines is 1. The maximum Gasteiger partial charge on any atom is 0.298 e. The van der Waals surface area contributed by atoms with E-state index >= 15 is 0 Å². The summed E-state index contributed by atoms with van der Waals surface area (Å²) in [6.07, 6.45) is 1.61. The van der Waals surface area contributed by atoms with E-state index in [1.807, 2.05) is 31.2 Å². The van der Waals surface area contributed by atoms with E-state index in [0.29, 0.717) is 39.4 Å². The Kier molecular flexibility index (Phi) is 6.98. The maximum atomic E-state index is 12.9. The number of nitrogens with zero attached hydrogens (tertiary/aromatic N) is 1. The molecule has 0 N–H and O–H groups in total. The third-order valence-electron chi connectivity index (χ3n) is 4.93. The summed E-state index contributed by atoms with van der Waals surface area (Å²) in [5.74, 6) is 0.422. The predicted molar refractivity (Wildman–Crippen MR) is 133 cm³/mol. The van der Waals surface area contributed by atoms with Gasteiger partial charge >= 0.3 is 0 Å². The average molecular weight is 500 g/mol. The SMILES string of the molecule is COc1cc(/C=C2/SC(=O)N(c3ccc(Cl)cc3)C2=O)cc(Cl)c1OCc1ccc(C)cc1. The molecule has 0 unspecified atom stereocenters. The summed E-state index contributed by atoms with van der Waals surface area (Å²) in [6, 6.07) is 17.9. The third kappa shape index (κ3) is 5.19. The van der Waals surface area contributed by atoms with Crippen LogP contribution in [0.3, 0.4) is 0 Å². The molecule has 0 saturated carbocycles. The number of amides is 2. The molecule has 0 aliphatic carbocycles. The zero-order chi connectivity index (χ0) is 23.5. The number of imide groups is 1. The summed E-state index contributed by atoms with van der Waals surface area (Å²) < 4.78 is 11.4. The van der Waals surface area contributed by atoms with Gasteiger partial charge in [-0.15, -0.1) is 0 Å². The summed E-state index contributed by atoms with van der Waals surface area (Å²) in [6.45, 7) is 2.35. The number of ether oxygens (including phenoxy) is 2. The van der Waals surface area contributed by atoms with Gasteiger partial charge in [0.05, 0.1) is 22.7 Å². The number of methoxy groups -OCH3 is 1. The first kappa shape index (κ1) is 23.2. The van der Waals surface area contributed by atoms with Crippen molar-refractivity contribution >= 4 is 57.9 Å². The van der Waals surface area contributed by atoms with Crippen molar-refractivity contribution in [3.05, 3.63) is 92.3 Å². The molecule has 33 heavy (non-hydrogen) atoms. The van der Waals surface area contributed by atoms with Gasteiger partial charge in [0.25, 0.3) is 11.1 Å². The highest BCUT2D eigenvalue weighted by Crippen LogP contribution is 2.40. The van der Waals surface area contributed by atoms with E-state index in [1.54, 1.807) is 42.5 Å². The highest BCUT2D eigenvalue weighted by molar-refractivity contribution is 8.19. The van der Waals surface area contributed by atoms with Crippen molar-refractivity contribution in [2.45, 2.75) is 13.5 Å². The number of carbonyl (C=O) groups is 2. The van der Waals surface area contributed by atoms with Gasteiger partial charge in [-0.1, -0.05) is 53.0 Å². The standard InChI is InChI=1S/C25H19Cl2NO4S/c1-15-3-5-16(6-4-15)14-32-23-20(27)11-17(12-21(23)31-2)13-22-24(29)28(25(30)33-22)19-9-7-18(26)8-10-19/h3-13H,14H2,1-2H3/b22-13+. The minimum Gasteiger partial charge on any atom is -0.493 e. The lowest BCUT2D eigenvalue weighted by molar-refractivity contribution is -0.113. The molecule has 4 rings (SSSR count). The van der Waals surface area contributed by atoms with Gasteiger partial charge in [-0.2, -0.15) is 0 Å². The van der Waals surface area contributed by atoms with Crippen LogP contribution in [0.2, 0.25) is 10.0 Å². The fraction of sp³-hybridized carbons (Fsp3) is 0.120. The van der Waals surface area contributed by atoms with Crippen molar-refractivity contribution in [1.29, 1.82) is 0 Å². The molecule has 2 amide bonds. The fourth-order valence-corrected chi connectivity index (χ4v) is 4.48. The van der Waals surface area contributed by atoms with Crippen LogP contribution in [0.1, 0.15) is 16.7 Å². The smallest absolute Gasteiger partial charge is 0.298 e. The van der Waals surface area contributed by atoms with Crippen LogP contribution in [0.25, 0.3) is 6.08 Å². The van der Waals surface area contributed by atoms with Gasteiger partial charge in [0, 0.05) is 5.02 Å². The van der Waals surface area contributed by atoms with E-state index in [9.17, 15) is 9.59 Å². The highest BCUT2D eigenvalue weighted by Gasteiger charge is 2.36. The summed E-state index contributed by atoms with van der Waals surface area (Å²) in [7, 11) is 1.52. The number of rotatable bonds is 6. The van der Waals surface area contributed by atoms with Crippen LogP contribution in [0, 0.1) is 6.92 Å². The molecule has 1 saturated heterocycles. The van der Waals surface area contributed by atoms with Gasteiger partial charge in [0.15, 0.2) is 11.5 Å². The van der Waals surface area contributed by atoms with Crippen molar-refractivity contribution in [1.82, 2.24) is 0 Å². The maximum absolute atomic E-state index is 12.9. The number of benzene rings is 3. The second-order valence-corrected chi connectivity index (χ2v) is 9.14. The van der Waals surface area contributed by atoms with E-state index < -0.39 is 5.91 Å². The number of aryl methyl sites for hydroxylation is 1. The minimum atomic E-state index is -0.415. The van der Waals surface area contributed by atoms with Crippen LogP contribution < -0.4 is 14.4 Å². The third-order valence-corrected chi connectivity index (χ3v) is 6.33. The van der Waals surface area contributed by atoms with Crippen LogP contribution >= 0.6 is 35.0 Å².